The number of rotatable bonds is 7. The van der Waals surface area contributed by atoms with Crippen LogP contribution in [-0.2, 0) is 16.0 Å². The van der Waals surface area contributed by atoms with Crippen molar-refractivity contribution in [3.05, 3.63) is 36.3 Å². The van der Waals surface area contributed by atoms with Gasteiger partial charge < -0.3 is 19.4 Å². The molecule has 0 saturated heterocycles. The summed E-state index contributed by atoms with van der Waals surface area (Å²) >= 11 is 0. The molecule has 100 valence electrons. The molecule has 2 unspecified atom stereocenters. The van der Waals surface area contributed by atoms with Gasteiger partial charge in [-0.25, -0.2) is 0 Å². The van der Waals surface area contributed by atoms with Crippen LogP contribution in [0, 0.1) is 0 Å². The molecule has 2 atom stereocenters. The number of ether oxygens (including phenoxy) is 1. The van der Waals surface area contributed by atoms with Crippen molar-refractivity contribution in [1.29, 1.82) is 0 Å². The summed E-state index contributed by atoms with van der Waals surface area (Å²) in [6.07, 6.45) is 4.01. The minimum Gasteiger partial charge on any atom is -0.469 e. The van der Waals surface area contributed by atoms with Gasteiger partial charge in [0.25, 0.3) is 0 Å². The monoisotopic (exact) mass is 254 g/mol. The Morgan fingerprint density at radius 1 is 1.56 bits per heavy atom. The van der Waals surface area contributed by atoms with Crippen molar-refractivity contribution in [3.63, 3.8) is 0 Å². The fourth-order valence-electron chi connectivity index (χ4n) is 1.41. The van der Waals surface area contributed by atoms with Crippen LogP contribution in [0.5, 0.6) is 0 Å². The third kappa shape index (κ3) is 6.22. The van der Waals surface area contributed by atoms with E-state index >= 15 is 0 Å². The Hall–Kier alpha value is -1.59. The lowest BCUT2D eigenvalue weighted by Crippen LogP contribution is -2.22. The van der Waals surface area contributed by atoms with Crippen LogP contribution >= 0.6 is 0 Å². The normalized spacial score (nSPS) is 14.6. The Morgan fingerprint density at radius 3 is 2.94 bits per heavy atom. The number of esters is 1. The van der Waals surface area contributed by atoms with Gasteiger partial charge >= 0.3 is 5.97 Å². The molecule has 1 aromatic heterocycles. The maximum Gasteiger partial charge on any atom is 0.302 e. The van der Waals surface area contributed by atoms with Crippen molar-refractivity contribution in [2.75, 3.05) is 6.61 Å². The highest BCUT2D eigenvalue weighted by atomic mass is 16.5. The molecule has 5 nitrogen and oxygen atoms in total. The minimum atomic E-state index is -0.864. The smallest absolute Gasteiger partial charge is 0.302 e. The van der Waals surface area contributed by atoms with Gasteiger partial charge in [0.05, 0.1) is 18.5 Å². The van der Waals surface area contributed by atoms with Gasteiger partial charge in [0.1, 0.15) is 12.4 Å². The topological polar surface area (TPSA) is 79.9 Å². The molecule has 0 saturated carbocycles. The number of aliphatic hydroxyl groups excluding tert-OH is 2. The van der Waals surface area contributed by atoms with Crippen molar-refractivity contribution < 1.29 is 24.2 Å². The molecule has 1 rings (SSSR count). The average molecular weight is 254 g/mol. The first-order chi connectivity index (χ1) is 8.58. The summed E-state index contributed by atoms with van der Waals surface area (Å²) in [5, 5.41) is 19.1. The van der Waals surface area contributed by atoms with Crippen molar-refractivity contribution in [1.82, 2.24) is 0 Å². The van der Waals surface area contributed by atoms with Crippen LogP contribution in [-0.4, -0.2) is 35.0 Å². The van der Waals surface area contributed by atoms with E-state index in [9.17, 15) is 15.0 Å². The van der Waals surface area contributed by atoms with Crippen LogP contribution in [0.2, 0.25) is 0 Å². The number of furan rings is 1. The van der Waals surface area contributed by atoms with Crippen molar-refractivity contribution in [3.8, 4) is 0 Å². The maximum absolute atomic E-state index is 10.5. The molecular formula is C13H18O5. The van der Waals surface area contributed by atoms with Gasteiger partial charge in [-0.3, -0.25) is 4.79 Å². The van der Waals surface area contributed by atoms with E-state index in [4.69, 9.17) is 4.42 Å². The number of hydrogen-bond acceptors (Lipinski definition) is 5. The third-order valence-electron chi connectivity index (χ3n) is 2.25. The number of allylic oxidation sites excluding steroid dienone is 1. The summed E-state index contributed by atoms with van der Waals surface area (Å²) in [5.74, 6) is 0.357. The second-order valence-corrected chi connectivity index (χ2v) is 3.97. The summed E-state index contributed by atoms with van der Waals surface area (Å²) < 4.78 is 9.75. The van der Waals surface area contributed by atoms with Gasteiger partial charge in [0, 0.05) is 19.8 Å². The predicted molar refractivity (Wildman–Crippen MR) is 64.8 cm³/mol. The van der Waals surface area contributed by atoms with E-state index < -0.39 is 18.2 Å². The molecule has 0 fully saturated rings. The summed E-state index contributed by atoms with van der Waals surface area (Å²) in [7, 11) is 0. The molecule has 0 aromatic carbocycles. The maximum atomic E-state index is 10.5. The Morgan fingerprint density at radius 2 is 2.33 bits per heavy atom. The summed E-state index contributed by atoms with van der Waals surface area (Å²) in [6, 6.07) is 3.63. The second kappa shape index (κ2) is 7.68. The second-order valence-electron chi connectivity index (χ2n) is 3.97. The van der Waals surface area contributed by atoms with Gasteiger partial charge in [-0.05, 0) is 12.1 Å². The quantitative estimate of drug-likeness (QED) is 0.561. The Labute approximate surface area is 106 Å². The zero-order valence-corrected chi connectivity index (χ0v) is 10.3. The highest BCUT2D eigenvalue weighted by molar-refractivity contribution is 5.65. The fraction of sp³-hybridized carbons (Fsp3) is 0.462. The minimum absolute atomic E-state index is 0.0988. The standard InChI is InChI=1S/C13H18O5/c1-10(14)18-9-12(16)8-11(15)4-2-5-13-6-3-7-17-13/h2-4,6-7,11-12,15-16H,5,8-9H2,1H3. The first-order valence-corrected chi connectivity index (χ1v) is 5.76. The van der Waals surface area contributed by atoms with Crippen molar-refractivity contribution in [2.24, 2.45) is 0 Å². The van der Waals surface area contributed by atoms with E-state index in [1.165, 1.54) is 6.92 Å². The van der Waals surface area contributed by atoms with Gasteiger partial charge in [0.15, 0.2) is 0 Å². The van der Waals surface area contributed by atoms with Gasteiger partial charge in [-0.1, -0.05) is 12.2 Å². The highest BCUT2D eigenvalue weighted by Gasteiger charge is 2.10. The lowest BCUT2D eigenvalue weighted by atomic mass is 10.1. The van der Waals surface area contributed by atoms with E-state index in [-0.39, 0.29) is 13.0 Å². The van der Waals surface area contributed by atoms with Gasteiger partial charge in [0.2, 0.25) is 0 Å². The van der Waals surface area contributed by atoms with E-state index in [1.807, 2.05) is 6.07 Å². The third-order valence-corrected chi connectivity index (χ3v) is 2.25. The Balaban J connectivity index is 2.21. The molecule has 0 aliphatic heterocycles. The zero-order chi connectivity index (χ0) is 13.4. The fourth-order valence-corrected chi connectivity index (χ4v) is 1.41. The van der Waals surface area contributed by atoms with Crippen LogP contribution in [0.15, 0.2) is 35.0 Å². The van der Waals surface area contributed by atoms with E-state index in [2.05, 4.69) is 4.74 Å². The number of aliphatic hydroxyl groups is 2. The molecule has 0 aliphatic rings. The first-order valence-electron chi connectivity index (χ1n) is 5.76. The van der Waals surface area contributed by atoms with Crippen LogP contribution < -0.4 is 0 Å². The molecule has 18 heavy (non-hydrogen) atoms. The number of carbonyl (C=O) groups is 1. The van der Waals surface area contributed by atoms with Crippen LogP contribution in [0.3, 0.4) is 0 Å². The van der Waals surface area contributed by atoms with Gasteiger partial charge in [-0.2, -0.15) is 0 Å². The molecule has 0 bridgehead atoms. The molecule has 5 heteroatoms. The van der Waals surface area contributed by atoms with Gasteiger partial charge in [-0.15, -0.1) is 0 Å². The van der Waals surface area contributed by atoms with Crippen LogP contribution in [0.25, 0.3) is 0 Å². The predicted octanol–water partition coefficient (Wildman–Crippen LogP) is 1.05. The average Bonchev–Trinajstić information content (AvgIpc) is 2.79. The SMILES string of the molecule is CC(=O)OCC(O)CC(O)C=CCc1ccco1. The first kappa shape index (κ1) is 14.5. The van der Waals surface area contributed by atoms with E-state index in [0.29, 0.717) is 6.42 Å². The molecule has 0 aliphatic carbocycles. The Bertz CT molecular complexity index is 369. The molecular weight excluding hydrogens is 236 g/mol. The molecule has 1 aromatic rings. The lowest BCUT2D eigenvalue weighted by molar-refractivity contribution is -0.144. The van der Waals surface area contributed by atoms with Crippen molar-refractivity contribution >= 4 is 5.97 Å². The molecule has 0 amide bonds. The number of carbonyl (C=O) groups excluding carboxylic acids is 1. The van der Waals surface area contributed by atoms with Crippen LogP contribution in [0.1, 0.15) is 19.1 Å². The number of hydrogen-bond donors (Lipinski definition) is 2. The van der Waals surface area contributed by atoms with E-state index in [0.717, 1.165) is 5.76 Å². The Kier molecular flexibility index (Phi) is 6.18. The molecule has 0 radical (unpaired) electrons. The molecule has 1 heterocycles. The van der Waals surface area contributed by atoms with Crippen molar-refractivity contribution in [2.45, 2.75) is 32.0 Å². The largest absolute Gasteiger partial charge is 0.469 e. The summed E-state index contributed by atoms with van der Waals surface area (Å²) in [5.41, 5.74) is 0. The lowest BCUT2D eigenvalue weighted by Gasteiger charge is -2.12. The molecule has 2 N–H and O–H groups in total. The van der Waals surface area contributed by atoms with Crippen LogP contribution in [0.4, 0.5) is 0 Å². The highest BCUT2D eigenvalue weighted by Crippen LogP contribution is 2.04. The molecule has 0 spiro atoms. The zero-order valence-electron chi connectivity index (χ0n) is 10.3. The van der Waals surface area contributed by atoms with E-state index in [1.54, 1.807) is 24.5 Å². The summed E-state index contributed by atoms with van der Waals surface area (Å²) in [6.45, 7) is 1.17. The summed E-state index contributed by atoms with van der Waals surface area (Å²) in [4.78, 5) is 10.5.